The van der Waals surface area contributed by atoms with Crippen LogP contribution in [-0.4, -0.2) is 6.61 Å². The molecule has 0 fully saturated rings. The van der Waals surface area contributed by atoms with Gasteiger partial charge >= 0.3 is 0 Å². The number of ether oxygens (including phenoxy) is 1. The summed E-state index contributed by atoms with van der Waals surface area (Å²) >= 11 is 13.2. The van der Waals surface area contributed by atoms with Crippen LogP contribution in [0, 0.1) is 5.82 Å². The average molecular weight is 423 g/mol. The second-order valence-electron chi connectivity index (χ2n) is 4.12. The minimum atomic E-state index is -0.454. The maximum atomic E-state index is 13.6. The van der Waals surface area contributed by atoms with Crippen molar-refractivity contribution in [2.24, 2.45) is 0 Å². The van der Waals surface area contributed by atoms with Gasteiger partial charge in [-0.25, -0.2) is 4.39 Å². The fraction of sp³-hybridized carbons (Fsp3) is 0.200. The standard InChI is InChI=1S/C15H12Br2ClFO/c1-2-20-9-6-7-10(12(16)8-9)15(18)11-4-3-5-13(19)14(11)17/h3-8,15H,2H2,1H3. The van der Waals surface area contributed by atoms with E-state index in [1.54, 1.807) is 12.1 Å². The number of halogens is 4. The molecule has 2 aromatic carbocycles. The van der Waals surface area contributed by atoms with Crippen LogP contribution < -0.4 is 4.74 Å². The number of benzene rings is 2. The highest BCUT2D eigenvalue weighted by Crippen LogP contribution is 2.39. The zero-order valence-electron chi connectivity index (χ0n) is 10.7. The predicted molar refractivity (Wildman–Crippen MR) is 87.1 cm³/mol. The molecule has 106 valence electrons. The van der Waals surface area contributed by atoms with E-state index in [-0.39, 0.29) is 5.82 Å². The molecule has 0 radical (unpaired) electrons. The summed E-state index contributed by atoms with van der Waals surface area (Å²) in [6, 6.07) is 10.4. The molecule has 0 bridgehead atoms. The average Bonchev–Trinajstić information content (AvgIpc) is 2.42. The van der Waals surface area contributed by atoms with Crippen LogP contribution in [0.25, 0.3) is 0 Å². The van der Waals surface area contributed by atoms with E-state index in [1.165, 1.54) is 6.07 Å². The van der Waals surface area contributed by atoms with Gasteiger partial charge < -0.3 is 4.74 Å². The first kappa shape index (κ1) is 15.8. The second-order valence-corrected chi connectivity index (χ2v) is 6.21. The molecule has 1 nitrogen and oxygen atoms in total. The van der Waals surface area contributed by atoms with Crippen LogP contribution in [-0.2, 0) is 0 Å². The lowest BCUT2D eigenvalue weighted by Gasteiger charge is -2.15. The normalized spacial score (nSPS) is 12.2. The molecule has 0 amide bonds. The topological polar surface area (TPSA) is 9.23 Å². The van der Waals surface area contributed by atoms with E-state index < -0.39 is 5.38 Å². The Balaban J connectivity index is 2.38. The van der Waals surface area contributed by atoms with Crippen molar-refractivity contribution in [3.8, 4) is 5.75 Å². The van der Waals surface area contributed by atoms with Crippen LogP contribution in [0.5, 0.6) is 5.75 Å². The van der Waals surface area contributed by atoms with E-state index in [0.29, 0.717) is 16.6 Å². The van der Waals surface area contributed by atoms with E-state index in [2.05, 4.69) is 31.9 Å². The second kappa shape index (κ2) is 6.92. The highest BCUT2D eigenvalue weighted by atomic mass is 79.9. The summed E-state index contributed by atoms with van der Waals surface area (Å²) in [6.45, 7) is 2.53. The Labute approximate surface area is 139 Å². The van der Waals surface area contributed by atoms with Crippen molar-refractivity contribution >= 4 is 43.5 Å². The van der Waals surface area contributed by atoms with E-state index in [1.807, 2.05) is 25.1 Å². The smallest absolute Gasteiger partial charge is 0.137 e. The summed E-state index contributed by atoms with van der Waals surface area (Å²) < 4.78 is 20.2. The third kappa shape index (κ3) is 3.35. The third-order valence-electron chi connectivity index (χ3n) is 2.81. The maximum absolute atomic E-state index is 13.6. The van der Waals surface area contributed by atoms with Gasteiger partial charge in [0.1, 0.15) is 11.6 Å². The number of hydrogen-bond acceptors (Lipinski definition) is 1. The van der Waals surface area contributed by atoms with Crippen LogP contribution in [0.1, 0.15) is 23.4 Å². The van der Waals surface area contributed by atoms with Gasteiger partial charge in [0.05, 0.1) is 16.5 Å². The lowest BCUT2D eigenvalue weighted by Crippen LogP contribution is -1.98. The van der Waals surface area contributed by atoms with Gasteiger partial charge in [0, 0.05) is 4.47 Å². The molecule has 2 aromatic rings. The van der Waals surface area contributed by atoms with Crippen molar-refractivity contribution in [2.45, 2.75) is 12.3 Å². The highest BCUT2D eigenvalue weighted by molar-refractivity contribution is 9.10. The molecule has 1 unspecified atom stereocenters. The molecule has 0 aromatic heterocycles. The SMILES string of the molecule is CCOc1ccc(C(Cl)c2cccc(F)c2Br)c(Br)c1. The summed E-state index contributed by atoms with van der Waals surface area (Å²) in [5.74, 6) is 0.445. The minimum absolute atomic E-state index is 0.324. The molecule has 2 rings (SSSR count). The maximum Gasteiger partial charge on any atom is 0.137 e. The molecule has 0 saturated carbocycles. The molecule has 0 saturated heterocycles. The largest absolute Gasteiger partial charge is 0.494 e. The quantitative estimate of drug-likeness (QED) is 0.543. The summed E-state index contributed by atoms with van der Waals surface area (Å²) in [4.78, 5) is 0. The number of hydrogen-bond donors (Lipinski definition) is 0. The summed E-state index contributed by atoms with van der Waals surface area (Å²) in [5.41, 5.74) is 1.55. The molecule has 0 spiro atoms. The Morgan fingerprint density at radius 1 is 1.20 bits per heavy atom. The Morgan fingerprint density at radius 2 is 1.95 bits per heavy atom. The minimum Gasteiger partial charge on any atom is -0.494 e. The molecule has 1 atom stereocenters. The van der Waals surface area contributed by atoms with E-state index in [0.717, 1.165) is 15.8 Å². The zero-order valence-corrected chi connectivity index (χ0v) is 14.6. The van der Waals surface area contributed by atoms with Crippen LogP contribution in [0.15, 0.2) is 45.3 Å². The van der Waals surface area contributed by atoms with Gasteiger partial charge in [0.2, 0.25) is 0 Å². The highest BCUT2D eigenvalue weighted by Gasteiger charge is 2.18. The van der Waals surface area contributed by atoms with Gasteiger partial charge in [-0.05, 0) is 52.2 Å². The Hall–Kier alpha value is -0.580. The zero-order chi connectivity index (χ0) is 14.7. The molecule has 0 heterocycles. The van der Waals surface area contributed by atoms with Crippen molar-refractivity contribution < 1.29 is 9.13 Å². The van der Waals surface area contributed by atoms with E-state index in [9.17, 15) is 4.39 Å². The fourth-order valence-electron chi connectivity index (χ4n) is 1.85. The summed E-state index contributed by atoms with van der Waals surface area (Å²) in [6.07, 6.45) is 0. The molecule has 0 N–H and O–H groups in total. The number of alkyl halides is 1. The first-order valence-electron chi connectivity index (χ1n) is 6.04. The van der Waals surface area contributed by atoms with Gasteiger partial charge in [-0.3, -0.25) is 0 Å². The van der Waals surface area contributed by atoms with Crippen molar-refractivity contribution in [2.75, 3.05) is 6.61 Å². The summed E-state index contributed by atoms with van der Waals surface area (Å²) in [5, 5.41) is -0.454. The van der Waals surface area contributed by atoms with E-state index >= 15 is 0 Å². The molecule has 0 aliphatic heterocycles. The fourth-order valence-corrected chi connectivity index (χ4v) is 3.57. The van der Waals surface area contributed by atoms with Gasteiger partial charge in [0.25, 0.3) is 0 Å². The molecular weight excluding hydrogens is 410 g/mol. The first-order chi connectivity index (χ1) is 9.54. The van der Waals surface area contributed by atoms with Gasteiger partial charge in [-0.1, -0.05) is 34.1 Å². The lowest BCUT2D eigenvalue weighted by molar-refractivity contribution is 0.340. The van der Waals surface area contributed by atoms with Crippen molar-refractivity contribution in [1.82, 2.24) is 0 Å². The molecule has 0 aliphatic carbocycles. The van der Waals surface area contributed by atoms with Crippen LogP contribution >= 0.6 is 43.5 Å². The molecule has 0 aliphatic rings. The molecule has 20 heavy (non-hydrogen) atoms. The van der Waals surface area contributed by atoms with Crippen LogP contribution in [0.3, 0.4) is 0 Å². The van der Waals surface area contributed by atoms with Gasteiger partial charge in [-0.15, -0.1) is 11.6 Å². The lowest BCUT2D eigenvalue weighted by atomic mass is 10.0. The molecule has 5 heteroatoms. The van der Waals surface area contributed by atoms with E-state index in [4.69, 9.17) is 16.3 Å². The van der Waals surface area contributed by atoms with Crippen molar-refractivity contribution in [3.05, 3.63) is 62.3 Å². The predicted octanol–water partition coefficient (Wildman–Crippen LogP) is 6.08. The van der Waals surface area contributed by atoms with Crippen LogP contribution in [0.2, 0.25) is 0 Å². The Kier molecular flexibility index (Phi) is 5.47. The Morgan fingerprint density at radius 3 is 2.60 bits per heavy atom. The van der Waals surface area contributed by atoms with Gasteiger partial charge in [-0.2, -0.15) is 0 Å². The van der Waals surface area contributed by atoms with Crippen molar-refractivity contribution in [3.63, 3.8) is 0 Å². The number of rotatable bonds is 4. The van der Waals surface area contributed by atoms with Crippen LogP contribution in [0.4, 0.5) is 4.39 Å². The third-order valence-corrected chi connectivity index (χ3v) is 4.80. The van der Waals surface area contributed by atoms with Gasteiger partial charge in [0.15, 0.2) is 0 Å². The Bertz CT molecular complexity index is 619. The summed E-state index contributed by atoms with van der Waals surface area (Å²) in [7, 11) is 0. The molecular formula is C15H12Br2ClFO. The monoisotopic (exact) mass is 420 g/mol. The first-order valence-corrected chi connectivity index (χ1v) is 8.07. The van der Waals surface area contributed by atoms with Crippen molar-refractivity contribution in [1.29, 1.82) is 0 Å².